The van der Waals surface area contributed by atoms with Crippen molar-refractivity contribution in [1.82, 2.24) is 0 Å². The van der Waals surface area contributed by atoms with Crippen molar-refractivity contribution in [3.05, 3.63) is 53.6 Å². The highest BCUT2D eigenvalue weighted by molar-refractivity contribution is 5.86. The summed E-state index contributed by atoms with van der Waals surface area (Å²) in [5.41, 5.74) is 1.04. The van der Waals surface area contributed by atoms with Gasteiger partial charge in [0.25, 0.3) is 0 Å². The second kappa shape index (κ2) is 8.85. The maximum Gasteiger partial charge on any atom is 0.175 e. The highest BCUT2D eigenvalue weighted by atomic mass is 19.1. The van der Waals surface area contributed by atoms with E-state index in [2.05, 4.69) is 6.92 Å². The topological polar surface area (TPSA) is 9.23 Å². The van der Waals surface area contributed by atoms with Gasteiger partial charge in [-0.15, -0.1) is 0 Å². The molecule has 3 heteroatoms. The number of ether oxygens (including phenoxy) is 1. The standard InChI is InChI=1S/C26H32F2O/c1-3-5-12-29-24-11-10-21-15-22(16-23(27)25(21)26(24)28)20-9-8-18-13-17(4-2)6-7-19(18)14-20/h3,5,10-11,15-20H,4,6-9,12-14H2,1-2H3/b5-3+/t17?,18-,19?,20-/m1/s1. The van der Waals surface area contributed by atoms with Gasteiger partial charge in [0, 0.05) is 0 Å². The third kappa shape index (κ3) is 4.20. The average Bonchev–Trinajstić information content (AvgIpc) is 2.74. The summed E-state index contributed by atoms with van der Waals surface area (Å²) >= 11 is 0. The van der Waals surface area contributed by atoms with Crippen molar-refractivity contribution in [2.75, 3.05) is 6.61 Å². The Balaban J connectivity index is 1.55. The smallest absolute Gasteiger partial charge is 0.175 e. The molecule has 2 fully saturated rings. The predicted octanol–water partition coefficient (Wildman–Crippen LogP) is 7.78. The first-order valence-corrected chi connectivity index (χ1v) is 11.3. The molecule has 2 aromatic rings. The molecule has 4 rings (SSSR count). The molecule has 0 amide bonds. The molecule has 0 spiro atoms. The van der Waals surface area contributed by atoms with Gasteiger partial charge < -0.3 is 4.74 Å². The van der Waals surface area contributed by atoms with E-state index in [-0.39, 0.29) is 17.7 Å². The van der Waals surface area contributed by atoms with Gasteiger partial charge in [0.05, 0.1) is 5.39 Å². The van der Waals surface area contributed by atoms with Gasteiger partial charge in [0.1, 0.15) is 12.4 Å². The molecule has 0 bridgehead atoms. The summed E-state index contributed by atoms with van der Waals surface area (Å²) < 4.78 is 35.2. The molecule has 0 aromatic heterocycles. The quantitative estimate of drug-likeness (QED) is 0.467. The molecule has 4 atom stereocenters. The van der Waals surface area contributed by atoms with Crippen LogP contribution in [0.1, 0.15) is 70.3 Å². The van der Waals surface area contributed by atoms with E-state index in [1.54, 1.807) is 24.3 Å². The van der Waals surface area contributed by atoms with Crippen LogP contribution in [0, 0.1) is 29.4 Å². The van der Waals surface area contributed by atoms with E-state index < -0.39 is 11.6 Å². The van der Waals surface area contributed by atoms with Crippen molar-refractivity contribution < 1.29 is 13.5 Å². The lowest BCUT2D eigenvalue weighted by Crippen LogP contribution is -2.30. The molecule has 2 aliphatic carbocycles. The van der Waals surface area contributed by atoms with Crippen LogP contribution in [-0.2, 0) is 0 Å². The van der Waals surface area contributed by atoms with Crippen LogP contribution < -0.4 is 4.74 Å². The lowest BCUT2D eigenvalue weighted by molar-refractivity contribution is 0.116. The summed E-state index contributed by atoms with van der Waals surface area (Å²) in [7, 11) is 0. The molecule has 1 nitrogen and oxygen atoms in total. The molecule has 0 N–H and O–H groups in total. The lowest BCUT2D eigenvalue weighted by atomic mass is 9.63. The average molecular weight is 399 g/mol. The summed E-state index contributed by atoms with van der Waals surface area (Å²) in [4.78, 5) is 0. The van der Waals surface area contributed by atoms with Crippen LogP contribution in [0.2, 0.25) is 0 Å². The van der Waals surface area contributed by atoms with Gasteiger partial charge in [0.15, 0.2) is 11.6 Å². The van der Waals surface area contributed by atoms with Gasteiger partial charge in [-0.1, -0.05) is 44.1 Å². The fraction of sp³-hybridized carbons (Fsp3) is 0.538. The van der Waals surface area contributed by atoms with E-state index >= 15 is 0 Å². The van der Waals surface area contributed by atoms with E-state index in [0.29, 0.717) is 11.3 Å². The summed E-state index contributed by atoms with van der Waals surface area (Å²) in [5.74, 6) is 1.95. The van der Waals surface area contributed by atoms with Crippen LogP contribution in [0.5, 0.6) is 5.75 Å². The molecular weight excluding hydrogens is 366 g/mol. The summed E-state index contributed by atoms with van der Waals surface area (Å²) in [6, 6.07) is 6.98. The predicted molar refractivity (Wildman–Crippen MR) is 115 cm³/mol. The summed E-state index contributed by atoms with van der Waals surface area (Å²) in [5, 5.41) is 0.677. The number of benzene rings is 2. The molecule has 2 saturated carbocycles. The van der Waals surface area contributed by atoms with E-state index in [4.69, 9.17) is 4.74 Å². The Hall–Kier alpha value is -1.90. The SMILES string of the molecule is C/C=C/COc1ccc2cc([C@@H]3CC[C@@H]4CC(CC)CCC4C3)cc(F)c2c1F. The van der Waals surface area contributed by atoms with E-state index in [9.17, 15) is 8.78 Å². The Labute approximate surface area is 173 Å². The van der Waals surface area contributed by atoms with Crippen LogP contribution >= 0.6 is 0 Å². The summed E-state index contributed by atoms with van der Waals surface area (Å²) in [6.07, 6.45) is 12.5. The maximum atomic E-state index is 15.0. The fourth-order valence-electron chi connectivity index (χ4n) is 5.62. The molecule has 2 unspecified atom stereocenters. The lowest BCUT2D eigenvalue weighted by Gasteiger charge is -2.42. The van der Waals surface area contributed by atoms with Crippen LogP contribution in [0.15, 0.2) is 36.4 Å². The Bertz CT molecular complexity index is 888. The second-order valence-electron chi connectivity index (χ2n) is 8.98. The monoisotopic (exact) mass is 398 g/mol. The third-order valence-corrected chi connectivity index (χ3v) is 7.33. The van der Waals surface area contributed by atoms with E-state index in [1.165, 1.54) is 32.1 Å². The van der Waals surface area contributed by atoms with Crippen molar-refractivity contribution in [3.63, 3.8) is 0 Å². The van der Waals surface area contributed by atoms with Crippen LogP contribution in [0.4, 0.5) is 8.78 Å². The van der Waals surface area contributed by atoms with Crippen molar-refractivity contribution in [3.8, 4) is 5.75 Å². The van der Waals surface area contributed by atoms with Gasteiger partial charge in [0.2, 0.25) is 0 Å². The molecule has 0 radical (unpaired) electrons. The molecule has 2 aliphatic rings. The minimum absolute atomic E-state index is 0.0452. The molecule has 0 aliphatic heterocycles. The number of halogens is 2. The zero-order valence-electron chi connectivity index (χ0n) is 17.6. The van der Waals surface area contributed by atoms with Crippen LogP contribution in [-0.4, -0.2) is 6.61 Å². The van der Waals surface area contributed by atoms with Crippen LogP contribution in [0.3, 0.4) is 0 Å². The third-order valence-electron chi connectivity index (χ3n) is 7.33. The maximum absolute atomic E-state index is 15.0. The summed E-state index contributed by atoms with van der Waals surface area (Å²) in [6.45, 7) is 4.47. The number of allylic oxidation sites excluding steroid dienone is 1. The highest BCUT2D eigenvalue weighted by Crippen LogP contribution is 2.48. The minimum Gasteiger partial charge on any atom is -0.486 e. The number of hydrogen-bond acceptors (Lipinski definition) is 1. The highest BCUT2D eigenvalue weighted by Gasteiger charge is 2.35. The van der Waals surface area contributed by atoms with Gasteiger partial charge >= 0.3 is 0 Å². The fourth-order valence-corrected chi connectivity index (χ4v) is 5.62. The van der Waals surface area contributed by atoms with Crippen molar-refractivity contribution in [1.29, 1.82) is 0 Å². The largest absolute Gasteiger partial charge is 0.486 e. The van der Waals surface area contributed by atoms with Gasteiger partial charge in [-0.05, 0) is 85.8 Å². The number of rotatable bonds is 5. The second-order valence-corrected chi connectivity index (χ2v) is 8.98. The molecule has 0 heterocycles. The first kappa shape index (κ1) is 20.4. The van der Waals surface area contributed by atoms with Gasteiger partial charge in [-0.25, -0.2) is 8.78 Å². The van der Waals surface area contributed by atoms with Crippen LogP contribution in [0.25, 0.3) is 10.8 Å². The normalized spacial score (nSPS) is 27.3. The van der Waals surface area contributed by atoms with Crippen molar-refractivity contribution >= 4 is 10.8 Å². The molecule has 156 valence electrons. The first-order valence-electron chi connectivity index (χ1n) is 11.3. The van der Waals surface area contributed by atoms with Crippen molar-refractivity contribution in [2.24, 2.45) is 17.8 Å². The Kier molecular flexibility index (Phi) is 6.22. The molecule has 0 saturated heterocycles. The molecule has 2 aromatic carbocycles. The van der Waals surface area contributed by atoms with Gasteiger partial charge in [-0.3, -0.25) is 0 Å². The Morgan fingerprint density at radius 1 is 1.03 bits per heavy atom. The number of hydrogen-bond donors (Lipinski definition) is 0. The van der Waals surface area contributed by atoms with Gasteiger partial charge in [-0.2, -0.15) is 0 Å². The van der Waals surface area contributed by atoms with E-state index in [1.807, 2.05) is 19.1 Å². The minimum atomic E-state index is -0.599. The molecule has 29 heavy (non-hydrogen) atoms. The van der Waals surface area contributed by atoms with Crippen molar-refractivity contribution in [2.45, 2.75) is 64.7 Å². The Morgan fingerprint density at radius 2 is 1.83 bits per heavy atom. The molecular formula is C26H32F2O. The zero-order chi connectivity index (χ0) is 20.4. The Morgan fingerprint density at radius 3 is 2.62 bits per heavy atom. The first-order chi connectivity index (χ1) is 14.1. The number of fused-ring (bicyclic) bond motifs is 2. The van der Waals surface area contributed by atoms with E-state index in [0.717, 1.165) is 36.2 Å². The zero-order valence-corrected chi connectivity index (χ0v) is 17.6.